The second-order valence-electron chi connectivity index (χ2n) is 4.82. The van der Waals surface area contributed by atoms with Gasteiger partial charge >= 0.3 is 0 Å². The summed E-state index contributed by atoms with van der Waals surface area (Å²) < 4.78 is 13.4. The fraction of sp³-hybridized carbons (Fsp3) is 0.133. The molecule has 2 atom stereocenters. The minimum atomic E-state index is -0.702. The topological polar surface area (TPSA) is 46.3 Å². The van der Waals surface area contributed by atoms with E-state index < -0.39 is 17.9 Å². The van der Waals surface area contributed by atoms with Gasteiger partial charge in [0.1, 0.15) is 11.9 Å². The Morgan fingerprint density at radius 2 is 1.90 bits per heavy atom. The Morgan fingerprint density at radius 1 is 1.14 bits per heavy atom. The predicted octanol–water partition coefficient (Wildman–Crippen LogP) is 3.55. The lowest BCUT2D eigenvalue weighted by Gasteiger charge is -2.45. The molecule has 3 nitrogen and oxygen atoms in total. The Balaban J connectivity index is 2.02. The Kier molecular flexibility index (Phi) is 3.61. The van der Waals surface area contributed by atoms with Crippen molar-refractivity contribution in [1.29, 1.82) is 0 Å². The summed E-state index contributed by atoms with van der Waals surface area (Å²) in [6.07, 6.45) is 0. The number of hydrogen-bond acceptors (Lipinski definition) is 2. The molecule has 2 aromatic rings. The Hall–Kier alpha value is -1.62. The van der Waals surface area contributed by atoms with Crippen LogP contribution in [0, 0.1) is 5.82 Å². The molecule has 108 valence electrons. The zero-order valence-electron chi connectivity index (χ0n) is 10.8. The molecule has 6 heteroatoms. The highest BCUT2D eigenvalue weighted by atomic mass is 35.5. The van der Waals surface area contributed by atoms with Gasteiger partial charge in [-0.1, -0.05) is 35.3 Å². The second kappa shape index (κ2) is 5.30. The van der Waals surface area contributed by atoms with Crippen molar-refractivity contribution >= 4 is 34.8 Å². The number of anilines is 1. The summed E-state index contributed by atoms with van der Waals surface area (Å²) >= 11 is 12.1. The second-order valence-corrected chi connectivity index (χ2v) is 5.67. The number of hydrogen-bond donors (Lipinski definition) is 1. The number of carbonyl (C=O) groups excluding carboxylic acids is 1. The summed E-state index contributed by atoms with van der Waals surface area (Å²) in [5.41, 5.74) is 7.04. The van der Waals surface area contributed by atoms with Crippen molar-refractivity contribution < 1.29 is 9.18 Å². The van der Waals surface area contributed by atoms with Crippen LogP contribution >= 0.6 is 23.2 Å². The number of amides is 1. The zero-order chi connectivity index (χ0) is 15.1. The maximum Gasteiger partial charge on any atom is 0.247 e. The summed E-state index contributed by atoms with van der Waals surface area (Å²) in [6.45, 7) is 0. The molecule has 1 heterocycles. The lowest BCUT2D eigenvalue weighted by molar-refractivity contribution is -0.126. The van der Waals surface area contributed by atoms with Crippen molar-refractivity contribution in [2.24, 2.45) is 5.73 Å². The van der Waals surface area contributed by atoms with Crippen LogP contribution in [-0.2, 0) is 4.79 Å². The molecule has 0 bridgehead atoms. The molecule has 1 saturated heterocycles. The van der Waals surface area contributed by atoms with Crippen LogP contribution in [0.25, 0.3) is 0 Å². The van der Waals surface area contributed by atoms with Gasteiger partial charge in [0.2, 0.25) is 5.91 Å². The summed E-state index contributed by atoms with van der Waals surface area (Å²) in [7, 11) is 0. The summed E-state index contributed by atoms with van der Waals surface area (Å²) in [6, 6.07) is 9.69. The molecular formula is C15H11Cl2FN2O. The molecule has 1 fully saturated rings. The van der Waals surface area contributed by atoms with E-state index in [9.17, 15) is 9.18 Å². The highest BCUT2D eigenvalue weighted by molar-refractivity contribution is 6.35. The van der Waals surface area contributed by atoms with Crippen molar-refractivity contribution in [3.8, 4) is 0 Å². The largest absolute Gasteiger partial charge is 0.318 e. The number of nitrogens with two attached hydrogens (primary N) is 1. The van der Waals surface area contributed by atoms with Gasteiger partial charge in [0.25, 0.3) is 0 Å². The Labute approximate surface area is 131 Å². The first-order valence-corrected chi connectivity index (χ1v) is 7.04. The molecule has 0 saturated carbocycles. The first kappa shape index (κ1) is 14.3. The van der Waals surface area contributed by atoms with Crippen molar-refractivity contribution in [2.45, 2.75) is 12.1 Å². The van der Waals surface area contributed by atoms with E-state index in [0.717, 1.165) is 0 Å². The Bertz CT molecular complexity index is 723. The van der Waals surface area contributed by atoms with Gasteiger partial charge < -0.3 is 10.6 Å². The maximum absolute atomic E-state index is 13.4. The van der Waals surface area contributed by atoms with Crippen molar-refractivity contribution in [2.75, 3.05) is 4.90 Å². The van der Waals surface area contributed by atoms with E-state index in [1.807, 2.05) is 0 Å². The lowest BCUT2D eigenvalue weighted by atomic mass is 9.88. The number of halogens is 3. The summed E-state index contributed by atoms with van der Waals surface area (Å²) in [5, 5.41) is 0.928. The van der Waals surface area contributed by atoms with Gasteiger partial charge in [0.15, 0.2) is 0 Å². The molecule has 0 spiro atoms. The minimum Gasteiger partial charge on any atom is -0.318 e. The third-order valence-electron chi connectivity index (χ3n) is 3.51. The fourth-order valence-electron chi connectivity index (χ4n) is 2.50. The normalized spacial score (nSPS) is 21.3. The molecule has 1 amide bonds. The molecule has 0 aromatic heterocycles. The van der Waals surface area contributed by atoms with Crippen molar-refractivity contribution in [1.82, 2.24) is 0 Å². The molecule has 2 aromatic carbocycles. The van der Waals surface area contributed by atoms with E-state index in [-0.39, 0.29) is 5.91 Å². The predicted molar refractivity (Wildman–Crippen MR) is 81.1 cm³/mol. The van der Waals surface area contributed by atoms with Gasteiger partial charge in [0.05, 0.1) is 6.04 Å². The molecule has 1 aliphatic rings. The minimum absolute atomic E-state index is 0.267. The van der Waals surface area contributed by atoms with Crippen molar-refractivity contribution in [3.63, 3.8) is 0 Å². The number of carbonyl (C=O) groups is 1. The SMILES string of the molecule is NC1C(=O)N(c2cccc(F)c2)C1c1ccc(Cl)cc1Cl. The van der Waals surface area contributed by atoms with E-state index in [2.05, 4.69) is 0 Å². The van der Waals surface area contributed by atoms with Crippen LogP contribution in [-0.4, -0.2) is 11.9 Å². The standard InChI is InChI=1S/C15H11Cl2FN2O/c16-8-4-5-11(12(17)6-8)14-13(19)15(21)20(14)10-3-1-2-9(18)7-10/h1-7,13-14H,19H2. The van der Waals surface area contributed by atoms with E-state index >= 15 is 0 Å². The lowest BCUT2D eigenvalue weighted by Crippen LogP contribution is -2.63. The number of β-lactam (4-membered cyclic amide) rings is 1. The van der Waals surface area contributed by atoms with Crippen LogP contribution < -0.4 is 10.6 Å². The van der Waals surface area contributed by atoms with Gasteiger partial charge in [0, 0.05) is 15.7 Å². The maximum atomic E-state index is 13.4. The third-order valence-corrected chi connectivity index (χ3v) is 4.07. The molecular weight excluding hydrogens is 314 g/mol. The van der Waals surface area contributed by atoms with Crippen LogP contribution in [0.3, 0.4) is 0 Å². The van der Waals surface area contributed by atoms with Gasteiger partial charge in [-0.25, -0.2) is 4.39 Å². The van der Waals surface area contributed by atoms with Crippen LogP contribution in [0.5, 0.6) is 0 Å². The molecule has 0 aliphatic carbocycles. The highest BCUT2D eigenvalue weighted by Crippen LogP contribution is 2.41. The quantitative estimate of drug-likeness (QED) is 0.859. The molecule has 21 heavy (non-hydrogen) atoms. The Morgan fingerprint density at radius 3 is 2.57 bits per heavy atom. The highest BCUT2D eigenvalue weighted by Gasteiger charge is 2.47. The van der Waals surface area contributed by atoms with Gasteiger partial charge in [-0.2, -0.15) is 0 Å². The number of benzene rings is 2. The van der Waals surface area contributed by atoms with Crippen molar-refractivity contribution in [3.05, 3.63) is 63.9 Å². The van der Waals surface area contributed by atoms with Crippen LogP contribution in [0.15, 0.2) is 42.5 Å². The smallest absolute Gasteiger partial charge is 0.247 e. The molecule has 2 unspecified atom stereocenters. The first-order valence-electron chi connectivity index (χ1n) is 6.28. The monoisotopic (exact) mass is 324 g/mol. The van der Waals surface area contributed by atoms with E-state index in [0.29, 0.717) is 21.3 Å². The van der Waals surface area contributed by atoms with Crippen LogP contribution in [0.2, 0.25) is 10.0 Å². The molecule has 1 aliphatic heterocycles. The van der Waals surface area contributed by atoms with E-state index in [1.165, 1.54) is 17.0 Å². The summed E-state index contributed by atoms with van der Waals surface area (Å²) in [4.78, 5) is 13.5. The molecule has 2 N–H and O–H groups in total. The first-order chi connectivity index (χ1) is 9.99. The summed E-state index contributed by atoms with van der Waals surface area (Å²) in [5.74, 6) is -0.682. The third kappa shape index (κ3) is 2.39. The van der Waals surface area contributed by atoms with Gasteiger partial charge in [-0.05, 0) is 35.9 Å². The molecule has 0 radical (unpaired) electrons. The average molecular weight is 325 g/mol. The van der Waals surface area contributed by atoms with E-state index in [1.54, 1.807) is 30.3 Å². The average Bonchev–Trinajstić information content (AvgIpc) is 2.45. The van der Waals surface area contributed by atoms with E-state index in [4.69, 9.17) is 28.9 Å². The zero-order valence-corrected chi connectivity index (χ0v) is 12.3. The number of rotatable bonds is 2. The van der Waals surface area contributed by atoms with Gasteiger partial charge in [-0.15, -0.1) is 0 Å². The van der Waals surface area contributed by atoms with Crippen LogP contribution in [0.1, 0.15) is 11.6 Å². The molecule has 3 rings (SSSR count). The fourth-order valence-corrected chi connectivity index (χ4v) is 3.02. The van der Waals surface area contributed by atoms with Crippen LogP contribution in [0.4, 0.5) is 10.1 Å². The van der Waals surface area contributed by atoms with Gasteiger partial charge in [-0.3, -0.25) is 4.79 Å². The number of nitrogens with zero attached hydrogens (tertiary/aromatic N) is 1.